The van der Waals surface area contributed by atoms with Crippen LogP contribution in [0.5, 0.6) is 0 Å². The normalized spacial score (nSPS) is 15.2. The Bertz CT molecular complexity index is 641. The Labute approximate surface area is 163 Å². The highest BCUT2D eigenvalue weighted by molar-refractivity contribution is 5.82. The van der Waals surface area contributed by atoms with Crippen molar-refractivity contribution in [3.8, 4) is 0 Å². The third kappa shape index (κ3) is 5.43. The molecule has 0 N–H and O–H groups in total. The van der Waals surface area contributed by atoms with Crippen molar-refractivity contribution >= 4 is 5.97 Å². The molecule has 1 aliphatic carbocycles. The highest BCUT2D eigenvalue weighted by Crippen LogP contribution is 2.26. The number of hydrogen-bond donors (Lipinski definition) is 0. The molecular formula is C24H31NO2. The Balaban J connectivity index is 1.63. The largest absolute Gasteiger partial charge is 0.464 e. The molecule has 0 spiro atoms. The third-order valence-corrected chi connectivity index (χ3v) is 5.62. The SMILES string of the molecule is CCN(CCOC(=O)C(c1ccccc1)c1ccccc1)C1CCCCC1. The lowest BCUT2D eigenvalue weighted by molar-refractivity contribution is -0.145. The van der Waals surface area contributed by atoms with Gasteiger partial charge in [0.05, 0.1) is 0 Å². The van der Waals surface area contributed by atoms with Crippen LogP contribution in [0.4, 0.5) is 0 Å². The Kier molecular flexibility index (Phi) is 7.46. The minimum atomic E-state index is -0.364. The summed E-state index contributed by atoms with van der Waals surface area (Å²) >= 11 is 0. The average Bonchev–Trinajstić information content (AvgIpc) is 2.74. The number of rotatable bonds is 8. The van der Waals surface area contributed by atoms with Crippen LogP contribution in [-0.2, 0) is 9.53 Å². The fourth-order valence-corrected chi connectivity index (χ4v) is 4.15. The van der Waals surface area contributed by atoms with Crippen molar-refractivity contribution in [2.75, 3.05) is 19.7 Å². The van der Waals surface area contributed by atoms with Gasteiger partial charge in [-0.15, -0.1) is 0 Å². The molecule has 0 amide bonds. The van der Waals surface area contributed by atoms with E-state index in [4.69, 9.17) is 4.74 Å². The molecule has 3 heteroatoms. The maximum Gasteiger partial charge on any atom is 0.317 e. The zero-order valence-corrected chi connectivity index (χ0v) is 16.3. The molecule has 2 aromatic carbocycles. The van der Waals surface area contributed by atoms with Gasteiger partial charge >= 0.3 is 5.97 Å². The second-order valence-electron chi connectivity index (χ2n) is 7.34. The monoisotopic (exact) mass is 365 g/mol. The lowest BCUT2D eigenvalue weighted by Crippen LogP contribution is -2.39. The van der Waals surface area contributed by atoms with Crippen molar-refractivity contribution in [2.45, 2.75) is 51.0 Å². The van der Waals surface area contributed by atoms with Gasteiger partial charge in [0, 0.05) is 12.6 Å². The maximum atomic E-state index is 12.9. The minimum Gasteiger partial charge on any atom is -0.464 e. The van der Waals surface area contributed by atoms with E-state index in [1.807, 2.05) is 60.7 Å². The molecule has 0 aromatic heterocycles. The Morgan fingerprint density at radius 1 is 0.963 bits per heavy atom. The molecule has 0 radical (unpaired) electrons. The van der Waals surface area contributed by atoms with Crippen LogP contribution in [0.15, 0.2) is 60.7 Å². The maximum absolute atomic E-state index is 12.9. The molecule has 3 rings (SSSR count). The van der Waals surface area contributed by atoms with Crippen molar-refractivity contribution in [1.29, 1.82) is 0 Å². The van der Waals surface area contributed by atoms with Crippen LogP contribution in [0.25, 0.3) is 0 Å². The van der Waals surface area contributed by atoms with Crippen LogP contribution in [0, 0.1) is 0 Å². The molecule has 0 atom stereocenters. The van der Waals surface area contributed by atoms with E-state index in [0.29, 0.717) is 12.6 Å². The summed E-state index contributed by atoms with van der Waals surface area (Å²) in [4.78, 5) is 15.4. The summed E-state index contributed by atoms with van der Waals surface area (Å²) in [6.07, 6.45) is 6.56. The van der Waals surface area contributed by atoms with E-state index in [1.54, 1.807) is 0 Å². The topological polar surface area (TPSA) is 29.5 Å². The zero-order valence-electron chi connectivity index (χ0n) is 16.3. The standard InChI is InChI=1S/C24H31NO2/c1-2-25(22-16-10-5-11-17-22)18-19-27-24(26)23(20-12-6-3-7-13-20)21-14-8-4-9-15-21/h3-4,6-9,12-15,22-23H,2,5,10-11,16-19H2,1H3. The van der Waals surface area contributed by atoms with E-state index >= 15 is 0 Å². The molecule has 0 aliphatic heterocycles. The van der Waals surface area contributed by atoms with Gasteiger partial charge in [0.2, 0.25) is 0 Å². The number of likely N-dealkylation sites (N-methyl/N-ethyl adjacent to an activating group) is 1. The lowest BCUT2D eigenvalue weighted by atomic mass is 9.91. The molecule has 144 valence electrons. The van der Waals surface area contributed by atoms with Crippen LogP contribution in [0.2, 0.25) is 0 Å². The summed E-state index contributed by atoms with van der Waals surface area (Å²) in [7, 11) is 0. The summed E-state index contributed by atoms with van der Waals surface area (Å²) < 4.78 is 5.76. The number of esters is 1. The van der Waals surface area contributed by atoms with E-state index in [-0.39, 0.29) is 11.9 Å². The molecule has 1 aliphatic rings. The lowest BCUT2D eigenvalue weighted by Gasteiger charge is -2.33. The first-order valence-electron chi connectivity index (χ1n) is 10.3. The van der Waals surface area contributed by atoms with Gasteiger partial charge < -0.3 is 4.74 Å². The quantitative estimate of drug-likeness (QED) is 0.616. The van der Waals surface area contributed by atoms with Gasteiger partial charge in [0.25, 0.3) is 0 Å². The fourth-order valence-electron chi connectivity index (χ4n) is 4.15. The van der Waals surface area contributed by atoms with E-state index in [1.165, 1.54) is 32.1 Å². The van der Waals surface area contributed by atoms with Gasteiger partial charge in [-0.3, -0.25) is 9.69 Å². The van der Waals surface area contributed by atoms with Gasteiger partial charge in [-0.25, -0.2) is 0 Å². The molecule has 0 heterocycles. The Hall–Kier alpha value is -2.13. The van der Waals surface area contributed by atoms with Gasteiger partial charge in [-0.1, -0.05) is 86.8 Å². The smallest absolute Gasteiger partial charge is 0.317 e. The summed E-state index contributed by atoms with van der Waals surface area (Å²) in [6.45, 7) is 4.50. The van der Waals surface area contributed by atoms with E-state index in [9.17, 15) is 4.79 Å². The molecule has 1 saturated carbocycles. The number of nitrogens with zero attached hydrogens (tertiary/aromatic N) is 1. The van der Waals surface area contributed by atoms with Crippen molar-refractivity contribution in [1.82, 2.24) is 4.90 Å². The molecule has 3 nitrogen and oxygen atoms in total. The first kappa shape index (κ1) is 19.6. The van der Waals surface area contributed by atoms with Crippen LogP contribution >= 0.6 is 0 Å². The van der Waals surface area contributed by atoms with Gasteiger partial charge in [-0.05, 0) is 30.5 Å². The van der Waals surface area contributed by atoms with Crippen molar-refractivity contribution in [3.05, 3.63) is 71.8 Å². The predicted octanol–water partition coefficient (Wildman–Crippen LogP) is 5.02. The summed E-state index contributed by atoms with van der Waals surface area (Å²) in [5, 5.41) is 0. The molecule has 0 bridgehead atoms. The highest BCUT2D eigenvalue weighted by Gasteiger charge is 2.25. The number of carbonyl (C=O) groups excluding carboxylic acids is 1. The van der Waals surface area contributed by atoms with Crippen LogP contribution < -0.4 is 0 Å². The molecule has 1 fully saturated rings. The molecule has 0 saturated heterocycles. The molecule has 0 unspecified atom stereocenters. The van der Waals surface area contributed by atoms with Crippen molar-refractivity contribution in [3.63, 3.8) is 0 Å². The number of carbonyl (C=O) groups is 1. The third-order valence-electron chi connectivity index (χ3n) is 5.62. The zero-order chi connectivity index (χ0) is 18.9. The Morgan fingerprint density at radius 3 is 2.04 bits per heavy atom. The van der Waals surface area contributed by atoms with E-state index in [2.05, 4.69) is 11.8 Å². The number of hydrogen-bond acceptors (Lipinski definition) is 3. The second kappa shape index (κ2) is 10.3. The Morgan fingerprint density at radius 2 is 1.52 bits per heavy atom. The van der Waals surface area contributed by atoms with Crippen LogP contribution in [0.1, 0.15) is 56.1 Å². The van der Waals surface area contributed by atoms with E-state index < -0.39 is 0 Å². The van der Waals surface area contributed by atoms with E-state index in [0.717, 1.165) is 24.2 Å². The van der Waals surface area contributed by atoms with Gasteiger partial charge in [0.1, 0.15) is 12.5 Å². The van der Waals surface area contributed by atoms with Gasteiger partial charge in [-0.2, -0.15) is 0 Å². The number of benzene rings is 2. The average molecular weight is 366 g/mol. The summed E-state index contributed by atoms with van der Waals surface area (Å²) in [6, 6.07) is 20.5. The van der Waals surface area contributed by atoms with Crippen LogP contribution in [-0.4, -0.2) is 36.6 Å². The first-order chi connectivity index (χ1) is 13.3. The van der Waals surface area contributed by atoms with Crippen LogP contribution in [0.3, 0.4) is 0 Å². The van der Waals surface area contributed by atoms with Crippen molar-refractivity contribution < 1.29 is 9.53 Å². The van der Waals surface area contributed by atoms with Gasteiger partial charge in [0.15, 0.2) is 0 Å². The highest BCUT2D eigenvalue weighted by atomic mass is 16.5. The summed E-state index contributed by atoms with van der Waals surface area (Å²) in [5.74, 6) is -0.524. The fraction of sp³-hybridized carbons (Fsp3) is 0.458. The second-order valence-corrected chi connectivity index (χ2v) is 7.34. The summed E-state index contributed by atoms with van der Waals surface area (Å²) in [5.41, 5.74) is 1.96. The first-order valence-corrected chi connectivity index (χ1v) is 10.3. The number of ether oxygens (including phenoxy) is 1. The predicted molar refractivity (Wildman–Crippen MR) is 110 cm³/mol. The van der Waals surface area contributed by atoms with Crippen molar-refractivity contribution in [2.24, 2.45) is 0 Å². The molecule has 2 aromatic rings. The molecular weight excluding hydrogens is 334 g/mol. The molecule has 27 heavy (non-hydrogen) atoms. The minimum absolute atomic E-state index is 0.160.